The minimum Gasteiger partial charge on any atom is -0.317 e. The predicted molar refractivity (Wildman–Crippen MR) is 44.0 cm³/mol. The molecule has 1 nitrogen and oxygen atoms in total. The van der Waals surface area contributed by atoms with E-state index in [2.05, 4.69) is 24.9 Å². The van der Waals surface area contributed by atoms with E-state index < -0.39 is 0 Å². The van der Waals surface area contributed by atoms with Gasteiger partial charge in [0.1, 0.15) is 0 Å². The number of thiol groups is 1. The Hall–Kier alpha value is 0.310. The normalized spacial score (nSPS) is 38.0. The SMILES string of the molecule is CC1CCNCCC1S. The molecule has 0 bridgehead atoms. The van der Waals surface area contributed by atoms with Crippen LogP contribution >= 0.6 is 12.6 Å². The van der Waals surface area contributed by atoms with Crippen molar-refractivity contribution in [2.75, 3.05) is 13.1 Å². The van der Waals surface area contributed by atoms with Gasteiger partial charge in [0.2, 0.25) is 0 Å². The van der Waals surface area contributed by atoms with Crippen molar-refractivity contribution < 1.29 is 0 Å². The van der Waals surface area contributed by atoms with Crippen LogP contribution in [0.15, 0.2) is 0 Å². The molecule has 0 radical (unpaired) electrons. The molecule has 2 atom stereocenters. The highest BCUT2D eigenvalue weighted by Gasteiger charge is 2.14. The van der Waals surface area contributed by atoms with Gasteiger partial charge in [-0.05, 0) is 31.8 Å². The molecule has 54 valence electrons. The van der Waals surface area contributed by atoms with E-state index in [1.165, 1.54) is 19.4 Å². The van der Waals surface area contributed by atoms with Crippen molar-refractivity contribution >= 4 is 12.6 Å². The minimum atomic E-state index is 0.625. The second-order valence-electron chi connectivity index (χ2n) is 2.87. The van der Waals surface area contributed by atoms with Crippen molar-refractivity contribution in [2.45, 2.75) is 25.0 Å². The fraction of sp³-hybridized carbons (Fsp3) is 1.00. The summed E-state index contributed by atoms with van der Waals surface area (Å²) >= 11 is 4.49. The Morgan fingerprint density at radius 3 is 2.78 bits per heavy atom. The molecule has 2 heteroatoms. The number of rotatable bonds is 0. The smallest absolute Gasteiger partial charge is 0.00549 e. The minimum absolute atomic E-state index is 0.625. The third kappa shape index (κ3) is 2.18. The van der Waals surface area contributed by atoms with E-state index in [0.29, 0.717) is 5.25 Å². The molecule has 0 aromatic heterocycles. The Morgan fingerprint density at radius 1 is 1.33 bits per heavy atom. The van der Waals surface area contributed by atoms with Crippen LogP contribution in [-0.4, -0.2) is 18.3 Å². The molecule has 1 aliphatic rings. The standard InChI is InChI=1S/C7H15NS/c1-6-2-4-8-5-3-7(6)9/h6-9H,2-5H2,1H3. The average molecular weight is 145 g/mol. The number of hydrogen-bond donors (Lipinski definition) is 2. The second kappa shape index (κ2) is 3.47. The second-order valence-corrected chi connectivity index (χ2v) is 3.54. The average Bonchev–Trinajstić information content (AvgIpc) is 1.99. The van der Waals surface area contributed by atoms with Crippen LogP contribution in [0.4, 0.5) is 0 Å². The first kappa shape index (κ1) is 7.42. The van der Waals surface area contributed by atoms with Crippen LogP contribution in [0.25, 0.3) is 0 Å². The van der Waals surface area contributed by atoms with Crippen molar-refractivity contribution in [1.29, 1.82) is 0 Å². The van der Waals surface area contributed by atoms with Gasteiger partial charge in [-0.1, -0.05) is 6.92 Å². The van der Waals surface area contributed by atoms with Gasteiger partial charge < -0.3 is 5.32 Å². The molecule has 1 heterocycles. The van der Waals surface area contributed by atoms with Gasteiger partial charge in [0.05, 0.1) is 0 Å². The zero-order valence-electron chi connectivity index (χ0n) is 5.93. The maximum Gasteiger partial charge on any atom is 0.00549 e. The van der Waals surface area contributed by atoms with E-state index in [1.807, 2.05) is 0 Å². The molecule has 2 unspecified atom stereocenters. The fourth-order valence-electron chi connectivity index (χ4n) is 1.18. The molecule has 0 spiro atoms. The van der Waals surface area contributed by atoms with Crippen LogP contribution in [0.5, 0.6) is 0 Å². The van der Waals surface area contributed by atoms with Gasteiger partial charge in [-0.2, -0.15) is 12.6 Å². The lowest BCUT2D eigenvalue weighted by atomic mass is 10.0. The summed E-state index contributed by atoms with van der Waals surface area (Å²) in [6.45, 7) is 4.61. The quantitative estimate of drug-likeness (QED) is 0.490. The Labute approximate surface area is 62.6 Å². The molecule has 0 saturated carbocycles. The van der Waals surface area contributed by atoms with Crippen molar-refractivity contribution in [3.8, 4) is 0 Å². The van der Waals surface area contributed by atoms with E-state index in [9.17, 15) is 0 Å². The van der Waals surface area contributed by atoms with Crippen molar-refractivity contribution in [3.63, 3.8) is 0 Å². The third-order valence-electron chi connectivity index (χ3n) is 2.05. The van der Waals surface area contributed by atoms with Crippen LogP contribution in [0.2, 0.25) is 0 Å². The van der Waals surface area contributed by atoms with Gasteiger partial charge in [0, 0.05) is 5.25 Å². The van der Waals surface area contributed by atoms with Gasteiger partial charge in [-0.3, -0.25) is 0 Å². The summed E-state index contributed by atoms with van der Waals surface area (Å²) in [7, 11) is 0. The summed E-state index contributed by atoms with van der Waals surface area (Å²) in [6.07, 6.45) is 2.51. The monoisotopic (exact) mass is 145 g/mol. The topological polar surface area (TPSA) is 12.0 Å². The largest absolute Gasteiger partial charge is 0.317 e. The molecule has 0 aromatic carbocycles. The Morgan fingerprint density at radius 2 is 2.00 bits per heavy atom. The maximum absolute atomic E-state index is 4.49. The Balaban J connectivity index is 2.32. The first-order chi connectivity index (χ1) is 4.30. The molecule has 1 fully saturated rings. The number of hydrogen-bond acceptors (Lipinski definition) is 2. The summed E-state index contributed by atoms with van der Waals surface area (Å²) in [5.74, 6) is 0.795. The lowest BCUT2D eigenvalue weighted by Gasteiger charge is -2.13. The molecular formula is C7H15NS. The summed E-state index contributed by atoms with van der Waals surface area (Å²) < 4.78 is 0. The fourth-order valence-corrected chi connectivity index (χ4v) is 1.46. The van der Waals surface area contributed by atoms with Crippen molar-refractivity contribution in [1.82, 2.24) is 5.32 Å². The molecule has 0 aromatic rings. The van der Waals surface area contributed by atoms with E-state index in [1.54, 1.807) is 0 Å². The third-order valence-corrected chi connectivity index (χ3v) is 2.82. The zero-order valence-corrected chi connectivity index (χ0v) is 6.82. The molecule has 1 rings (SSSR count). The van der Waals surface area contributed by atoms with Crippen LogP contribution in [0.3, 0.4) is 0 Å². The molecule has 0 amide bonds. The summed E-state index contributed by atoms with van der Waals surface area (Å²) in [4.78, 5) is 0. The highest BCUT2D eigenvalue weighted by atomic mass is 32.1. The predicted octanol–water partition coefficient (Wildman–Crippen LogP) is 1.30. The summed E-state index contributed by atoms with van der Waals surface area (Å²) in [5.41, 5.74) is 0. The van der Waals surface area contributed by atoms with E-state index >= 15 is 0 Å². The summed E-state index contributed by atoms with van der Waals surface area (Å²) in [5, 5.41) is 3.98. The first-order valence-corrected chi connectivity index (χ1v) is 4.21. The van der Waals surface area contributed by atoms with Crippen molar-refractivity contribution in [2.24, 2.45) is 5.92 Å². The number of nitrogens with one attached hydrogen (secondary N) is 1. The Kier molecular flexibility index (Phi) is 2.86. The van der Waals surface area contributed by atoms with Gasteiger partial charge >= 0.3 is 0 Å². The van der Waals surface area contributed by atoms with Crippen LogP contribution in [0, 0.1) is 5.92 Å². The van der Waals surface area contributed by atoms with Crippen LogP contribution < -0.4 is 5.32 Å². The zero-order chi connectivity index (χ0) is 6.69. The van der Waals surface area contributed by atoms with Gasteiger partial charge in [0.25, 0.3) is 0 Å². The molecular weight excluding hydrogens is 130 g/mol. The summed E-state index contributed by atoms with van der Waals surface area (Å²) in [6, 6.07) is 0. The molecule has 9 heavy (non-hydrogen) atoms. The van der Waals surface area contributed by atoms with Crippen LogP contribution in [0.1, 0.15) is 19.8 Å². The lowest BCUT2D eigenvalue weighted by Crippen LogP contribution is -2.13. The molecule has 1 N–H and O–H groups in total. The van der Waals surface area contributed by atoms with E-state index in [-0.39, 0.29) is 0 Å². The van der Waals surface area contributed by atoms with Crippen LogP contribution in [-0.2, 0) is 0 Å². The first-order valence-electron chi connectivity index (χ1n) is 3.69. The maximum atomic E-state index is 4.49. The van der Waals surface area contributed by atoms with E-state index in [0.717, 1.165) is 12.5 Å². The van der Waals surface area contributed by atoms with E-state index in [4.69, 9.17) is 0 Å². The highest BCUT2D eigenvalue weighted by Crippen LogP contribution is 2.18. The van der Waals surface area contributed by atoms with Crippen molar-refractivity contribution in [3.05, 3.63) is 0 Å². The highest BCUT2D eigenvalue weighted by molar-refractivity contribution is 7.81. The molecule has 1 aliphatic heterocycles. The molecule has 1 saturated heterocycles. The Bertz CT molecular complexity index is 75.0. The van der Waals surface area contributed by atoms with Gasteiger partial charge in [0.15, 0.2) is 0 Å². The lowest BCUT2D eigenvalue weighted by molar-refractivity contribution is 0.535. The molecule has 0 aliphatic carbocycles. The van der Waals surface area contributed by atoms with Gasteiger partial charge in [-0.25, -0.2) is 0 Å². The van der Waals surface area contributed by atoms with Gasteiger partial charge in [-0.15, -0.1) is 0 Å².